The van der Waals surface area contributed by atoms with Crippen molar-refractivity contribution < 1.29 is 13.2 Å². The lowest BCUT2D eigenvalue weighted by Gasteiger charge is -2.39. The lowest BCUT2D eigenvalue weighted by atomic mass is 9.72. The molecule has 6 aromatic rings. The van der Waals surface area contributed by atoms with Crippen molar-refractivity contribution in [3.63, 3.8) is 0 Å². The van der Waals surface area contributed by atoms with E-state index in [0.717, 1.165) is 94.0 Å². The number of aromatic nitrogens is 4. The van der Waals surface area contributed by atoms with E-state index in [1.165, 1.54) is 34.9 Å². The molecular weight excluding hydrogens is 836 g/mol. The maximum absolute atomic E-state index is 14.2. The van der Waals surface area contributed by atoms with Crippen molar-refractivity contribution in [3.05, 3.63) is 112 Å². The summed E-state index contributed by atoms with van der Waals surface area (Å²) in [6.45, 7) is 11.5. The minimum atomic E-state index is -4.43. The van der Waals surface area contributed by atoms with E-state index in [9.17, 15) is 18.1 Å². The van der Waals surface area contributed by atoms with Gasteiger partial charge >= 0.3 is 0 Å². The number of piperazine rings is 1. The van der Waals surface area contributed by atoms with Crippen molar-refractivity contribution in [1.82, 2.24) is 34.3 Å². The molecule has 0 unspecified atom stereocenters. The van der Waals surface area contributed by atoms with Gasteiger partial charge in [-0.1, -0.05) is 43.2 Å². The maximum atomic E-state index is 14.2. The largest absolute Gasteiger partial charge is 0.383 e. The van der Waals surface area contributed by atoms with Crippen molar-refractivity contribution in [2.75, 3.05) is 69.6 Å². The van der Waals surface area contributed by atoms with Crippen molar-refractivity contribution >= 4 is 72.2 Å². The second kappa shape index (κ2) is 17.5. The fourth-order valence-corrected chi connectivity index (χ4v) is 10.4. The number of amides is 1. The number of hydrogen-bond donors (Lipinski definition) is 3. The molecule has 0 atom stereocenters. The van der Waals surface area contributed by atoms with E-state index in [0.29, 0.717) is 40.5 Å². The molecule has 9 rings (SSSR count). The molecule has 3 N–H and O–H groups in total. The van der Waals surface area contributed by atoms with Crippen LogP contribution in [-0.2, 0) is 10.0 Å². The second-order valence-electron chi connectivity index (χ2n) is 18.1. The van der Waals surface area contributed by atoms with Crippen molar-refractivity contribution in [2.45, 2.75) is 50.8 Å². The topological polar surface area (TPSA) is 161 Å². The van der Waals surface area contributed by atoms with Crippen LogP contribution in [0.1, 0.15) is 61.9 Å². The first-order chi connectivity index (χ1) is 30.3. The maximum Gasteiger partial charge on any atom is 0.267 e. The van der Waals surface area contributed by atoms with Crippen LogP contribution in [0.25, 0.3) is 33.3 Å². The minimum Gasteiger partial charge on any atom is -0.383 e. The number of anilines is 2. The Labute approximate surface area is 372 Å². The number of rotatable bonds is 12. The van der Waals surface area contributed by atoms with Gasteiger partial charge in [-0.3, -0.25) is 9.69 Å². The van der Waals surface area contributed by atoms with E-state index in [-0.39, 0.29) is 21.6 Å². The molecule has 2 fully saturated rings. The molecule has 328 valence electrons. The van der Waals surface area contributed by atoms with Crippen molar-refractivity contribution in [1.29, 1.82) is 0 Å². The Kier molecular flexibility index (Phi) is 11.9. The Morgan fingerprint density at radius 1 is 0.968 bits per heavy atom. The number of benzene rings is 3. The fourth-order valence-electron chi connectivity index (χ4n) is 9.26. The smallest absolute Gasteiger partial charge is 0.267 e. The van der Waals surface area contributed by atoms with Gasteiger partial charge in [0.15, 0.2) is 0 Å². The summed E-state index contributed by atoms with van der Waals surface area (Å²) >= 11 is 6.26. The van der Waals surface area contributed by atoms with Gasteiger partial charge in [0.05, 0.1) is 33.5 Å². The van der Waals surface area contributed by atoms with E-state index in [2.05, 4.69) is 73.0 Å². The molecule has 0 saturated carbocycles. The van der Waals surface area contributed by atoms with E-state index in [1.807, 2.05) is 42.6 Å². The Bertz CT molecular complexity index is 2820. The van der Waals surface area contributed by atoms with Gasteiger partial charge in [0, 0.05) is 61.6 Å². The van der Waals surface area contributed by atoms with Crippen LogP contribution in [0, 0.1) is 16.2 Å². The number of nitroso groups, excluding NO2 is 1. The molecule has 3 aromatic carbocycles. The van der Waals surface area contributed by atoms with Crippen LogP contribution in [0.15, 0.2) is 101 Å². The number of nitrogens with one attached hydrogen (secondary N) is 3. The highest BCUT2D eigenvalue weighted by atomic mass is 35.5. The van der Waals surface area contributed by atoms with Crippen LogP contribution in [0.5, 0.6) is 0 Å². The van der Waals surface area contributed by atoms with Crippen LogP contribution in [0.2, 0.25) is 5.02 Å². The number of fused-ring (bicyclic) bond motifs is 2. The number of pyridine rings is 1. The molecular formula is C47H53ClN10O4S. The third-order valence-corrected chi connectivity index (χ3v) is 14.7. The first-order valence-corrected chi connectivity index (χ1v) is 23.6. The van der Waals surface area contributed by atoms with Crippen LogP contribution in [-0.4, -0.2) is 103 Å². The van der Waals surface area contributed by atoms with Gasteiger partial charge in [0.1, 0.15) is 16.9 Å². The number of piperidine rings is 1. The zero-order valence-electron chi connectivity index (χ0n) is 35.9. The summed E-state index contributed by atoms with van der Waals surface area (Å²) < 4.78 is 31.6. The Morgan fingerprint density at radius 3 is 2.51 bits per heavy atom. The molecule has 1 amide bonds. The monoisotopic (exact) mass is 888 g/mol. The molecule has 0 radical (unpaired) electrons. The number of likely N-dealkylation sites (tertiary alicyclic amines) is 1. The van der Waals surface area contributed by atoms with Crippen molar-refractivity contribution in [3.8, 4) is 5.69 Å². The third kappa shape index (κ3) is 9.24. The van der Waals surface area contributed by atoms with Gasteiger partial charge in [0.2, 0.25) is 0 Å². The average molecular weight is 890 g/mol. The predicted molar refractivity (Wildman–Crippen MR) is 251 cm³/mol. The quantitative estimate of drug-likeness (QED) is 0.102. The molecule has 3 aliphatic rings. The predicted octanol–water partition coefficient (Wildman–Crippen LogP) is 8.61. The Balaban J connectivity index is 0.963. The molecule has 0 bridgehead atoms. The van der Waals surface area contributed by atoms with E-state index < -0.39 is 15.9 Å². The van der Waals surface area contributed by atoms with Crippen LogP contribution in [0.4, 0.5) is 17.1 Å². The van der Waals surface area contributed by atoms with Gasteiger partial charge in [0.25, 0.3) is 15.9 Å². The average Bonchev–Trinajstić information content (AvgIpc) is 3.92. The van der Waals surface area contributed by atoms with Gasteiger partial charge < -0.3 is 20.1 Å². The Morgan fingerprint density at radius 2 is 1.75 bits per heavy atom. The summed E-state index contributed by atoms with van der Waals surface area (Å²) in [6, 6.07) is 21.6. The highest BCUT2D eigenvalue weighted by Crippen LogP contribution is 2.43. The third-order valence-electron chi connectivity index (χ3n) is 13.1. The second-order valence-corrected chi connectivity index (χ2v) is 20.2. The molecule has 16 heteroatoms. The standard InChI is InChI=1S/C47H53ClN10O4S/c1-47(2)16-12-34(39(27-47)32-4-6-35(48)7-5-32)30-56-20-22-57(23-21-56)36-8-10-38(43(25-36)58-44-24-33-13-17-49-45(33)52-42(44)29-51-58)46(59)54-63(61,62)37-9-11-40(41(26-37)53-60)50-28-31-14-18-55(3)19-15-31/h4-11,13,17,24-26,29,31,50H,12,14-16,18-23,27-28,30H2,1-3H3,(H,49,52)(H,54,59). The molecule has 1 aliphatic carbocycles. The summed E-state index contributed by atoms with van der Waals surface area (Å²) in [7, 11) is -2.33. The lowest BCUT2D eigenvalue weighted by Crippen LogP contribution is -2.47. The molecule has 63 heavy (non-hydrogen) atoms. The number of carbonyl (C=O) groups excluding carboxylic acids is 1. The fraction of sp³-hybridized carbons (Fsp3) is 0.383. The number of carbonyl (C=O) groups is 1. The van der Waals surface area contributed by atoms with E-state index in [4.69, 9.17) is 16.6 Å². The van der Waals surface area contributed by atoms with E-state index >= 15 is 0 Å². The summed E-state index contributed by atoms with van der Waals surface area (Å²) in [5, 5.41) is 12.7. The number of halogens is 1. The van der Waals surface area contributed by atoms with Crippen LogP contribution < -0.4 is 14.9 Å². The summed E-state index contributed by atoms with van der Waals surface area (Å²) in [4.78, 5) is 40.9. The molecule has 0 spiro atoms. The van der Waals surface area contributed by atoms with Crippen LogP contribution >= 0.6 is 11.6 Å². The molecule has 2 saturated heterocycles. The van der Waals surface area contributed by atoms with Crippen molar-refractivity contribution in [2.24, 2.45) is 16.5 Å². The normalized spacial score (nSPS) is 18.0. The number of allylic oxidation sites excluding steroid dienone is 1. The number of hydrogen-bond acceptors (Lipinski definition) is 11. The first-order valence-electron chi connectivity index (χ1n) is 21.7. The van der Waals surface area contributed by atoms with Gasteiger partial charge in [-0.25, -0.2) is 22.8 Å². The number of nitrogens with zero attached hydrogens (tertiary/aromatic N) is 7. The van der Waals surface area contributed by atoms with Gasteiger partial charge in [-0.2, -0.15) is 5.10 Å². The van der Waals surface area contributed by atoms with Gasteiger partial charge in [-0.15, -0.1) is 4.91 Å². The SMILES string of the molecule is CN1CCC(CNc2ccc(S(=O)(=O)NC(=O)c3ccc(N4CCN(CC5=C(c6ccc(Cl)cc6)CC(C)(C)CC5)CC4)cc3-n3ncc4nc5[nH]ccc5cc43)cc2N=O)CC1. The zero-order valence-corrected chi connectivity index (χ0v) is 37.5. The zero-order chi connectivity index (χ0) is 43.9. The number of sulfonamides is 1. The minimum absolute atomic E-state index is 0.0450. The van der Waals surface area contributed by atoms with Gasteiger partial charge in [-0.05, 0) is 141 Å². The number of aromatic amines is 1. The Hall–Kier alpha value is -5.61. The first kappa shape index (κ1) is 42.7. The molecule has 3 aromatic heterocycles. The highest BCUT2D eigenvalue weighted by Gasteiger charge is 2.30. The van der Waals surface area contributed by atoms with Crippen LogP contribution in [0.3, 0.4) is 0 Å². The molecule has 2 aliphatic heterocycles. The molecule has 5 heterocycles. The van der Waals surface area contributed by atoms with E-state index in [1.54, 1.807) is 16.9 Å². The number of H-pyrrole nitrogens is 1. The summed E-state index contributed by atoms with van der Waals surface area (Å²) in [6.07, 6.45) is 8.73. The summed E-state index contributed by atoms with van der Waals surface area (Å²) in [5.74, 6) is -0.413. The summed E-state index contributed by atoms with van der Waals surface area (Å²) in [5.41, 5.74) is 8.16. The highest BCUT2D eigenvalue weighted by molar-refractivity contribution is 7.90. The lowest BCUT2D eigenvalue weighted by molar-refractivity contribution is 0.0981. The molecule has 14 nitrogen and oxygen atoms in total.